The van der Waals surface area contributed by atoms with E-state index in [0.29, 0.717) is 25.2 Å². The molecule has 0 radical (unpaired) electrons. The number of halogens is 2. The first-order chi connectivity index (χ1) is 8.58. The Morgan fingerprint density at radius 1 is 1.61 bits per heavy atom. The van der Waals surface area contributed by atoms with Gasteiger partial charge in [-0.2, -0.15) is 0 Å². The molecule has 1 aromatic rings. The van der Waals surface area contributed by atoms with Crippen molar-refractivity contribution in [3.05, 3.63) is 34.6 Å². The number of carbonyl (C=O) groups is 1. The second kappa shape index (κ2) is 5.54. The Hall–Kier alpha value is -1.33. The first-order valence-electron chi connectivity index (χ1n) is 5.72. The van der Waals surface area contributed by atoms with Crippen molar-refractivity contribution in [1.82, 2.24) is 10.2 Å². The van der Waals surface area contributed by atoms with Gasteiger partial charge in [-0.05, 0) is 18.1 Å². The second-order valence-corrected chi connectivity index (χ2v) is 4.69. The van der Waals surface area contributed by atoms with Gasteiger partial charge in [-0.1, -0.05) is 23.7 Å². The summed E-state index contributed by atoms with van der Waals surface area (Å²) in [5.74, 6) is -0.436. The normalized spacial score (nSPS) is 19.2. The summed E-state index contributed by atoms with van der Waals surface area (Å²) >= 11 is 5.84. The smallest absolute Gasteiger partial charge is 0.407 e. The Morgan fingerprint density at radius 3 is 3.06 bits per heavy atom. The lowest BCUT2D eigenvalue weighted by Crippen LogP contribution is -2.34. The van der Waals surface area contributed by atoms with Crippen LogP contribution in [0.2, 0.25) is 5.02 Å². The van der Waals surface area contributed by atoms with Crippen molar-refractivity contribution in [2.24, 2.45) is 0 Å². The number of hydrogen-bond acceptors (Lipinski definition) is 2. The van der Waals surface area contributed by atoms with Gasteiger partial charge in [0.15, 0.2) is 0 Å². The molecule has 0 saturated carbocycles. The first-order valence-corrected chi connectivity index (χ1v) is 6.10. The van der Waals surface area contributed by atoms with Gasteiger partial charge in [0.2, 0.25) is 0 Å². The summed E-state index contributed by atoms with van der Waals surface area (Å²) in [6.45, 7) is 1.43. The van der Waals surface area contributed by atoms with Crippen LogP contribution < -0.4 is 5.32 Å². The molecule has 2 rings (SSSR count). The number of nitrogens with zero attached hydrogens (tertiary/aromatic N) is 1. The quantitative estimate of drug-likeness (QED) is 0.888. The van der Waals surface area contributed by atoms with Gasteiger partial charge < -0.3 is 15.3 Å². The molecule has 1 aliphatic rings. The van der Waals surface area contributed by atoms with Crippen LogP contribution in [-0.4, -0.2) is 35.2 Å². The zero-order chi connectivity index (χ0) is 13.1. The maximum Gasteiger partial charge on any atom is 0.407 e. The summed E-state index contributed by atoms with van der Waals surface area (Å²) in [6.07, 6.45) is -0.137. The van der Waals surface area contributed by atoms with E-state index in [4.69, 9.17) is 16.7 Å². The monoisotopic (exact) mass is 272 g/mol. The van der Waals surface area contributed by atoms with E-state index in [0.717, 1.165) is 6.42 Å². The van der Waals surface area contributed by atoms with Crippen LogP contribution in [0.4, 0.5) is 9.18 Å². The van der Waals surface area contributed by atoms with Crippen molar-refractivity contribution in [3.63, 3.8) is 0 Å². The molecule has 0 spiro atoms. The molecule has 1 amide bonds. The van der Waals surface area contributed by atoms with E-state index in [1.54, 1.807) is 12.1 Å². The van der Waals surface area contributed by atoms with Crippen LogP contribution >= 0.6 is 11.6 Å². The second-order valence-electron chi connectivity index (χ2n) is 4.31. The predicted molar refractivity (Wildman–Crippen MR) is 66.3 cm³/mol. The fraction of sp³-hybridized carbons (Fsp3) is 0.417. The Bertz CT molecular complexity index is 456. The van der Waals surface area contributed by atoms with Gasteiger partial charge in [0, 0.05) is 25.7 Å². The largest absolute Gasteiger partial charge is 0.465 e. The van der Waals surface area contributed by atoms with Gasteiger partial charge in [0.1, 0.15) is 5.82 Å². The van der Waals surface area contributed by atoms with Gasteiger partial charge in [0.05, 0.1) is 5.02 Å². The average Bonchev–Trinajstić information content (AvgIpc) is 2.80. The van der Waals surface area contributed by atoms with E-state index in [1.165, 1.54) is 11.0 Å². The number of hydrogen-bond donors (Lipinski definition) is 2. The summed E-state index contributed by atoms with van der Waals surface area (Å²) in [5.41, 5.74) is 0.686. The maximum atomic E-state index is 13.2. The van der Waals surface area contributed by atoms with Crippen LogP contribution in [0, 0.1) is 5.82 Å². The lowest BCUT2D eigenvalue weighted by molar-refractivity contribution is 0.154. The van der Waals surface area contributed by atoms with Crippen LogP contribution in [0.5, 0.6) is 0 Å². The molecule has 1 saturated heterocycles. The standard InChI is InChI=1S/C12H14ClFN2O2/c13-11-8(2-1-3-10(11)14)6-15-9-4-5-16(7-9)12(17)18/h1-3,9,15H,4-7H2,(H,17,18)/t9-/m0/s1. The highest BCUT2D eigenvalue weighted by molar-refractivity contribution is 6.31. The molecule has 0 unspecified atom stereocenters. The molecule has 1 aromatic carbocycles. The Morgan fingerprint density at radius 2 is 2.39 bits per heavy atom. The number of nitrogens with one attached hydrogen (secondary N) is 1. The Kier molecular flexibility index (Phi) is 4.04. The highest BCUT2D eigenvalue weighted by Gasteiger charge is 2.25. The lowest BCUT2D eigenvalue weighted by Gasteiger charge is -2.14. The Labute approximate surface area is 109 Å². The van der Waals surface area contributed by atoms with Crippen LogP contribution in [0.25, 0.3) is 0 Å². The number of carboxylic acid groups (broad SMARTS) is 1. The van der Waals surface area contributed by atoms with Gasteiger partial charge in [-0.3, -0.25) is 0 Å². The molecule has 98 valence electrons. The topological polar surface area (TPSA) is 52.6 Å². The van der Waals surface area contributed by atoms with E-state index in [1.807, 2.05) is 0 Å². The van der Waals surface area contributed by atoms with Gasteiger partial charge in [0.25, 0.3) is 0 Å². The molecule has 0 aliphatic carbocycles. The van der Waals surface area contributed by atoms with Crippen LogP contribution in [-0.2, 0) is 6.54 Å². The average molecular weight is 273 g/mol. The molecule has 6 heteroatoms. The highest BCUT2D eigenvalue weighted by atomic mass is 35.5. The number of rotatable bonds is 3. The minimum atomic E-state index is -0.900. The van der Waals surface area contributed by atoms with E-state index in [9.17, 15) is 9.18 Å². The molecular weight excluding hydrogens is 259 g/mol. The molecule has 0 aromatic heterocycles. The van der Waals surface area contributed by atoms with Crippen LogP contribution in [0.1, 0.15) is 12.0 Å². The number of amides is 1. The molecule has 4 nitrogen and oxygen atoms in total. The van der Waals surface area contributed by atoms with E-state index >= 15 is 0 Å². The zero-order valence-corrected chi connectivity index (χ0v) is 10.5. The first kappa shape index (κ1) is 13.1. The fourth-order valence-corrected chi connectivity index (χ4v) is 2.23. The van der Waals surface area contributed by atoms with Crippen LogP contribution in [0.15, 0.2) is 18.2 Å². The third kappa shape index (κ3) is 2.91. The van der Waals surface area contributed by atoms with Crippen molar-refractivity contribution >= 4 is 17.7 Å². The summed E-state index contributed by atoms with van der Waals surface area (Å²) in [5, 5.41) is 12.1. The molecule has 2 N–H and O–H groups in total. The Balaban J connectivity index is 1.89. The maximum absolute atomic E-state index is 13.2. The van der Waals surface area contributed by atoms with E-state index in [-0.39, 0.29) is 11.1 Å². The summed E-state index contributed by atoms with van der Waals surface area (Å²) in [4.78, 5) is 12.1. The molecular formula is C12H14ClFN2O2. The van der Waals surface area contributed by atoms with Crippen molar-refractivity contribution in [2.45, 2.75) is 19.0 Å². The van der Waals surface area contributed by atoms with E-state index in [2.05, 4.69) is 5.32 Å². The lowest BCUT2D eigenvalue weighted by atomic mass is 10.2. The molecule has 1 atom stereocenters. The fourth-order valence-electron chi connectivity index (χ4n) is 2.04. The highest BCUT2D eigenvalue weighted by Crippen LogP contribution is 2.20. The zero-order valence-electron chi connectivity index (χ0n) is 9.70. The molecule has 0 bridgehead atoms. The molecule has 18 heavy (non-hydrogen) atoms. The molecule has 1 fully saturated rings. The summed E-state index contributed by atoms with van der Waals surface area (Å²) in [7, 11) is 0. The summed E-state index contributed by atoms with van der Waals surface area (Å²) in [6, 6.07) is 4.77. The molecule has 1 aliphatic heterocycles. The minimum absolute atomic E-state index is 0.0976. The molecule has 1 heterocycles. The van der Waals surface area contributed by atoms with Gasteiger partial charge in [-0.15, -0.1) is 0 Å². The third-order valence-electron chi connectivity index (χ3n) is 3.07. The van der Waals surface area contributed by atoms with Crippen molar-refractivity contribution in [1.29, 1.82) is 0 Å². The van der Waals surface area contributed by atoms with Crippen molar-refractivity contribution in [3.8, 4) is 0 Å². The van der Waals surface area contributed by atoms with Crippen molar-refractivity contribution < 1.29 is 14.3 Å². The summed E-state index contributed by atoms with van der Waals surface area (Å²) < 4.78 is 13.2. The minimum Gasteiger partial charge on any atom is -0.465 e. The van der Waals surface area contributed by atoms with Crippen molar-refractivity contribution in [2.75, 3.05) is 13.1 Å². The third-order valence-corrected chi connectivity index (χ3v) is 3.49. The van der Waals surface area contributed by atoms with Crippen LogP contribution in [0.3, 0.4) is 0 Å². The van der Waals surface area contributed by atoms with Gasteiger partial charge in [-0.25, -0.2) is 9.18 Å². The van der Waals surface area contributed by atoms with Gasteiger partial charge >= 0.3 is 6.09 Å². The van der Waals surface area contributed by atoms with E-state index < -0.39 is 11.9 Å². The SMILES string of the molecule is O=C(O)N1CC[C@H](NCc2cccc(F)c2Cl)C1. The number of benzene rings is 1. The predicted octanol–water partition coefficient (Wildman–Crippen LogP) is 2.32. The number of likely N-dealkylation sites (tertiary alicyclic amines) is 1.